The Hall–Kier alpha value is -3.34. The summed E-state index contributed by atoms with van der Waals surface area (Å²) in [6.07, 6.45) is 1.43. The van der Waals surface area contributed by atoms with Crippen LogP contribution in [0.15, 0.2) is 36.7 Å². The van der Waals surface area contributed by atoms with E-state index in [9.17, 15) is 4.79 Å². The number of nitrogens with zero attached hydrogens (tertiary/aromatic N) is 8. The predicted octanol–water partition coefficient (Wildman–Crippen LogP) is 0.957. The summed E-state index contributed by atoms with van der Waals surface area (Å²) in [4.78, 5) is 16.8. The van der Waals surface area contributed by atoms with Crippen molar-refractivity contribution in [2.75, 3.05) is 31.1 Å². The van der Waals surface area contributed by atoms with E-state index in [1.165, 1.54) is 32.6 Å². The number of carbonyl (C=O) groups is 1. The number of hydrogen-bond acceptors (Lipinski definition) is 8. The summed E-state index contributed by atoms with van der Waals surface area (Å²) in [5.74, 6) is 1.41. The van der Waals surface area contributed by atoms with Crippen molar-refractivity contribution >= 4 is 33.3 Å². The van der Waals surface area contributed by atoms with Crippen LogP contribution in [0.25, 0.3) is 15.9 Å². The van der Waals surface area contributed by atoms with Gasteiger partial charge < -0.3 is 9.80 Å². The highest BCUT2D eigenvalue weighted by molar-refractivity contribution is 7.13. The Labute approximate surface area is 157 Å². The molecule has 11 heteroatoms. The average molecular weight is 381 g/mol. The van der Waals surface area contributed by atoms with E-state index in [1.807, 2.05) is 17.0 Å². The number of amides is 1. The zero-order valence-corrected chi connectivity index (χ0v) is 15.0. The van der Waals surface area contributed by atoms with Crippen LogP contribution in [0.2, 0.25) is 0 Å². The summed E-state index contributed by atoms with van der Waals surface area (Å²) in [7, 11) is 0. The first-order valence-corrected chi connectivity index (χ1v) is 9.24. The van der Waals surface area contributed by atoms with Crippen LogP contribution < -0.4 is 4.90 Å². The van der Waals surface area contributed by atoms with Gasteiger partial charge in [0, 0.05) is 37.6 Å². The minimum Gasteiger partial charge on any atom is -0.352 e. The van der Waals surface area contributed by atoms with E-state index in [0.29, 0.717) is 24.6 Å². The summed E-state index contributed by atoms with van der Waals surface area (Å²) < 4.78 is 7.19. The fraction of sp³-hybridized carbons (Fsp3) is 0.250. The summed E-state index contributed by atoms with van der Waals surface area (Å²) in [5.41, 5.74) is 0.424. The van der Waals surface area contributed by atoms with Gasteiger partial charge in [0.05, 0.1) is 4.70 Å². The summed E-state index contributed by atoms with van der Waals surface area (Å²) in [6.45, 7) is 2.74. The van der Waals surface area contributed by atoms with E-state index in [-0.39, 0.29) is 5.91 Å². The Bertz CT molecular complexity index is 1080. The molecular weight excluding hydrogens is 366 g/mol. The van der Waals surface area contributed by atoms with Crippen molar-refractivity contribution in [3.8, 4) is 5.82 Å². The molecular formula is C16H15N9OS. The number of anilines is 1. The van der Waals surface area contributed by atoms with Gasteiger partial charge in [-0.2, -0.15) is 14.2 Å². The number of piperazine rings is 1. The predicted molar refractivity (Wildman–Crippen MR) is 99.0 cm³/mol. The van der Waals surface area contributed by atoms with Crippen LogP contribution in [0.5, 0.6) is 0 Å². The third kappa shape index (κ3) is 2.81. The van der Waals surface area contributed by atoms with E-state index in [1.54, 1.807) is 6.07 Å². The molecule has 1 aliphatic rings. The molecule has 1 N–H and O–H groups in total. The van der Waals surface area contributed by atoms with Gasteiger partial charge in [-0.25, -0.2) is 0 Å². The quantitative estimate of drug-likeness (QED) is 0.563. The fourth-order valence-corrected chi connectivity index (χ4v) is 3.99. The lowest BCUT2D eigenvalue weighted by molar-refractivity contribution is 0.0740. The molecule has 4 aromatic rings. The van der Waals surface area contributed by atoms with Gasteiger partial charge in [-0.05, 0) is 34.1 Å². The molecule has 0 saturated carbocycles. The minimum absolute atomic E-state index is 0.0791. The van der Waals surface area contributed by atoms with Gasteiger partial charge in [0.2, 0.25) is 0 Å². The van der Waals surface area contributed by atoms with Crippen molar-refractivity contribution in [2.24, 2.45) is 0 Å². The monoisotopic (exact) mass is 381 g/mol. The lowest BCUT2D eigenvalue weighted by atomic mass is 10.2. The molecule has 1 aliphatic heterocycles. The van der Waals surface area contributed by atoms with Crippen LogP contribution in [0.3, 0.4) is 0 Å². The normalized spacial score (nSPS) is 14.8. The van der Waals surface area contributed by atoms with Gasteiger partial charge in [0.25, 0.3) is 5.91 Å². The molecule has 0 bridgehead atoms. The van der Waals surface area contributed by atoms with E-state index < -0.39 is 0 Å². The third-order valence-electron chi connectivity index (χ3n) is 4.60. The van der Waals surface area contributed by atoms with Crippen molar-refractivity contribution in [2.45, 2.75) is 0 Å². The highest BCUT2D eigenvalue weighted by Crippen LogP contribution is 2.29. The Balaban J connectivity index is 1.28. The molecule has 1 fully saturated rings. The van der Waals surface area contributed by atoms with Crippen LogP contribution in [-0.2, 0) is 0 Å². The van der Waals surface area contributed by atoms with Gasteiger partial charge in [-0.1, -0.05) is 12.1 Å². The Morgan fingerprint density at radius 3 is 2.81 bits per heavy atom. The maximum absolute atomic E-state index is 12.7. The van der Waals surface area contributed by atoms with Crippen LogP contribution in [0.4, 0.5) is 5.82 Å². The average Bonchev–Trinajstić information content (AvgIpc) is 3.47. The standard InChI is InChI=1S/C16H15N9OS/c26-16(12-9-14(19-18-12)25-10-17-21-22-25)24-7-5-23(6-8-24)15-11-3-1-2-4-13(11)27-20-15/h1-4,9-10H,5-8H2,(H,18,19). The molecule has 27 heavy (non-hydrogen) atoms. The van der Waals surface area contributed by atoms with Crippen LogP contribution in [-0.4, -0.2) is 71.8 Å². The molecule has 136 valence electrons. The number of aromatic amines is 1. The number of tetrazole rings is 1. The summed E-state index contributed by atoms with van der Waals surface area (Å²) in [5, 5.41) is 18.9. The SMILES string of the molecule is O=C(c1cc(-n2cnnn2)n[nH]1)N1CCN(c2nsc3ccccc23)CC1. The molecule has 10 nitrogen and oxygen atoms in total. The summed E-state index contributed by atoms with van der Waals surface area (Å²) >= 11 is 1.51. The summed E-state index contributed by atoms with van der Waals surface area (Å²) in [6, 6.07) is 9.88. The van der Waals surface area contributed by atoms with Gasteiger partial charge in [-0.3, -0.25) is 9.89 Å². The smallest absolute Gasteiger partial charge is 0.272 e. The fourth-order valence-electron chi connectivity index (χ4n) is 3.20. The van der Waals surface area contributed by atoms with Crippen molar-refractivity contribution in [3.05, 3.63) is 42.4 Å². The van der Waals surface area contributed by atoms with Gasteiger partial charge in [-0.15, -0.1) is 5.10 Å². The van der Waals surface area contributed by atoms with Crippen LogP contribution in [0, 0.1) is 0 Å². The van der Waals surface area contributed by atoms with E-state index in [4.69, 9.17) is 0 Å². The number of rotatable bonds is 3. The van der Waals surface area contributed by atoms with Gasteiger partial charge in [0.1, 0.15) is 17.8 Å². The number of carbonyl (C=O) groups excluding carboxylic acids is 1. The number of hydrogen-bond donors (Lipinski definition) is 1. The molecule has 5 rings (SSSR count). The minimum atomic E-state index is -0.0791. The zero-order chi connectivity index (χ0) is 18.2. The van der Waals surface area contributed by atoms with E-state index >= 15 is 0 Å². The first-order chi connectivity index (χ1) is 13.3. The van der Waals surface area contributed by atoms with Crippen molar-refractivity contribution < 1.29 is 4.79 Å². The zero-order valence-electron chi connectivity index (χ0n) is 14.2. The Morgan fingerprint density at radius 1 is 1.15 bits per heavy atom. The second-order valence-corrected chi connectivity index (χ2v) is 6.98. The molecule has 1 amide bonds. The number of nitrogens with one attached hydrogen (secondary N) is 1. The molecule has 1 aromatic carbocycles. The number of benzene rings is 1. The largest absolute Gasteiger partial charge is 0.352 e. The number of aromatic nitrogens is 7. The topological polar surface area (TPSA) is 109 Å². The number of fused-ring (bicyclic) bond motifs is 1. The van der Waals surface area contributed by atoms with Crippen molar-refractivity contribution in [1.82, 2.24) is 39.7 Å². The van der Waals surface area contributed by atoms with E-state index in [0.717, 1.165) is 18.9 Å². The molecule has 0 aliphatic carbocycles. The number of H-pyrrole nitrogens is 1. The molecule has 1 saturated heterocycles. The maximum Gasteiger partial charge on any atom is 0.272 e. The molecule has 0 spiro atoms. The maximum atomic E-state index is 12.7. The lowest BCUT2D eigenvalue weighted by Crippen LogP contribution is -2.49. The van der Waals surface area contributed by atoms with Crippen molar-refractivity contribution in [1.29, 1.82) is 0 Å². The highest BCUT2D eigenvalue weighted by Gasteiger charge is 2.25. The first kappa shape index (κ1) is 15.9. The Morgan fingerprint density at radius 2 is 2.00 bits per heavy atom. The molecule has 4 heterocycles. The van der Waals surface area contributed by atoms with Gasteiger partial charge >= 0.3 is 0 Å². The van der Waals surface area contributed by atoms with Crippen molar-refractivity contribution in [3.63, 3.8) is 0 Å². The van der Waals surface area contributed by atoms with E-state index in [2.05, 4.69) is 47.1 Å². The molecule has 0 radical (unpaired) electrons. The van der Waals surface area contributed by atoms with Gasteiger partial charge in [0.15, 0.2) is 5.82 Å². The molecule has 3 aromatic heterocycles. The molecule has 0 atom stereocenters. The second kappa shape index (κ2) is 6.43. The lowest BCUT2D eigenvalue weighted by Gasteiger charge is -2.34. The Kier molecular flexibility index (Phi) is 3.78. The molecule has 0 unspecified atom stereocenters. The second-order valence-electron chi connectivity index (χ2n) is 6.18. The third-order valence-corrected chi connectivity index (χ3v) is 5.42. The van der Waals surface area contributed by atoms with Crippen LogP contribution in [0.1, 0.15) is 10.5 Å². The highest BCUT2D eigenvalue weighted by atomic mass is 32.1. The first-order valence-electron chi connectivity index (χ1n) is 8.47. The van der Waals surface area contributed by atoms with Crippen LogP contribution >= 0.6 is 11.5 Å².